The van der Waals surface area contributed by atoms with Crippen molar-refractivity contribution in [1.82, 2.24) is 10.2 Å². The highest BCUT2D eigenvalue weighted by atomic mass is 16.5. The van der Waals surface area contributed by atoms with Crippen LogP contribution in [-0.4, -0.2) is 42.3 Å². The Morgan fingerprint density at radius 3 is 2.94 bits per heavy atom. The molecule has 1 saturated carbocycles. The van der Waals surface area contributed by atoms with E-state index >= 15 is 0 Å². The molecule has 17 heavy (non-hydrogen) atoms. The van der Waals surface area contributed by atoms with E-state index in [0.29, 0.717) is 11.8 Å². The Hall–Kier alpha value is -0.610. The summed E-state index contributed by atoms with van der Waals surface area (Å²) >= 11 is 0. The van der Waals surface area contributed by atoms with E-state index in [4.69, 9.17) is 4.74 Å². The summed E-state index contributed by atoms with van der Waals surface area (Å²) < 4.78 is 5.41. The second-order valence-corrected chi connectivity index (χ2v) is 5.72. The molecule has 3 rings (SSSR count). The average Bonchev–Trinajstić information content (AvgIpc) is 2.83. The maximum atomic E-state index is 12.4. The second kappa shape index (κ2) is 4.25. The van der Waals surface area contributed by atoms with Crippen LogP contribution in [0.4, 0.5) is 0 Å². The van der Waals surface area contributed by atoms with E-state index in [1.165, 1.54) is 0 Å². The molecule has 1 aliphatic carbocycles. The smallest absolute Gasteiger partial charge is 0.244 e. The molecule has 2 unspecified atom stereocenters. The van der Waals surface area contributed by atoms with E-state index in [1.54, 1.807) is 0 Å². The highest BCUT2D eigenvalue weighted by Gasteiger charge is 2.58. The molecule has 4 nitrogen and oxygen atoms in total. The van der Waals surface area contributed by atoms with Crippen LogP contribution in [0.1, 0.15) is 39.0 Å². The van der Waals surface area contributed by atoms with Crippen LogP contribution in [0.25, 0.3) is 0 Å². The van der Waals surface area contributed by atoms with Crippen molar-refractivity contribution in [2.24, 2.45) is 5.92 Å². The molecular formula is C13H22N2O2. The van der Waals surface area contributed by atoms with Crippen LogP contribution < -0.4 is 5.32 Å². The van der Waals surface area contributed by atoms with Crippen LogP contribution >= 0.6 is 0 Å². The maximum Gasteiger partial charge on any atom is 0.244 e. The predicted octanol–water partition coefficient (Wildman–Crippen LogP) is 1.11. The van der Waals surface area contributed by atoms with Gasteiger partial charge in [-0.2, -0.15) is 0 Å². The van der Waals surface area contributed by atoms with Crippen molar-refractivity contribution < 1.29 is 9.53 Å². The van der Waals surface area contributed by atoms with E-state index in [2.05, 4.69) is 17.1 Å². The largest absolute Gasteiger partial charge is 0.381 e. The third-order valence-electron chi connectivity index (χ3n) is 4.28. The lowest BCUT2D eigenvalue weighted by molar-refractivity contribution is -0.131. The molecule has 96 valence electrons. The molecule has 2 saturated heterocycles. The molecule has 0 bridgehead atoms. The zero-order chi connectivity index (χ0) is 11.9. The van der Waals surface area contributed by atoms with E-state index in [1.807, 2.05) is 0 Å². The number of rotatable bonds is 4. The second-order valence-electron chi connectivity index (χ2n) is 5.72. The summed E-state index contributed by atoms with van der Waals surface area (Å²) in [6, 6.07) is 0. The topological polar surface area (TPSA) is 41.6 Å². The third-order valence-corrected chi connectivity index (χ3v) is 4.28. The Labute approximate surface area is 103 Å². The van der Waals surface area contributed by atoms with Crippen LogP contribution in [-0.2, 0) is 9.53 Å². The first-order valence-corrected chi connectivity index (χ1v) is 6.92. The van der Waals surface area contributed by atoms with Crippen LogP contribution in [0.3, 0.4) is 0 Å². The van der Waals surface area contributed by atoms with Crippen LogP contribution in [0, 0.1) is 5.92 Å². The number of amides is 1. The van der Waals surface area contributed by atoms with Gasteiger partial charge >= 0.3 is 0 Å². The fourth-order valence-electron chi connectivity index (χ4n) is 3.08. The molecular weight excluding hydrogens is 216 g/mol. The van der Waals surface area contributed by atoms with Gasteiger partial charge in [0.15, 0.2) is 0 Å². The fraction of sp³-hybridized carbons (Fsp3) is 0.923. The van der Waals surface area contributed by atoms with Gasteiger partial charge < -0.3 is 9.64 Å². The minimum absolute atomic E-state index is 0.153. The predicted molar refractivity (Wildman–Crippen MR) is 64.4 cm³/mol. The van der Waals surface area contributed by atoms with Crippen molar-refractivity contribution in [2.45, 2.75) is 50.7 Å². The van der Waals surface area contributed by atoms with Gasteiger partial charge in [0.05, 0.1) is 18.3 Å². The highest BCUT2D eigenvalue weighted by Crippen LogP contribution is 2.43. The van der Waals surface area contributed by atoms with E-state index in [9.17, 15) is 4.79 Å². The van der Waals surface area contributed by atoms with Gasteiger partial charge in [-0.3, -0.25) is 10.1 Å². The quantitative estimate of drug-likeness (QED) is 0.798. The zero-order valence-electron chi connectivity index (χ0n) is 10.6. The highest BCUT2D eigenvalue weighted by molar-refractivity contribution is 5.91. The van der Waals surface area contributed by atoms with Gasteiger partial charge in [-0.15, -0.1) is 0 Å². The van der Waals surface area contributed by atoms with Crippen LogP contribution in [0.2, 0.25) is 0 Å². The number of carbonyl (C=O) groups is 1. The molecule has 1 amide bonds. The molecule has 1 N–H and O–H groups in total. The molecule has 2 aliphatic heterocycles. The van der Waals surface area contributed by atoms with Gasteiger partial charge in [-0.1, -0.05) is 13.3 Å². The Bertz CT molecular complexity index is 309. The number of ether oxygens (including phenoxy) is 1. The fourth-order valence-corrected chi connectivity index (χ4v) is 3.08. The number of carbonyl (C=O) groups excluding carboxylic acids is 1. The van der Waals surface area contributed by atoms with E-state index < -0.39 is 0 Å². The summed E-state index contributed by atoms with van der Waals surface area (Å²) in [5, 5.41) is 3.55. The summed E-state index contributed by atoms with van der Waals surface area (Å²) in [6.07, 6.45) is 5.64. The van der Waals surface area contributed by atoms with E-state index in [-0.39, 0.29) is 11.7 Å². The maximum absolute atomic E-state index is 12.4. The van der Waals surface area contributed by atoms with Crippen molar-refractivity contribution in [3.05, 3.63) is 0 Å². The summed E-state index contributed by atoms with van der Waals surface area (Å²) in [4.78, 5) is 14.5. The molecule has 0 aromatic carbocycles. The molecule has 3 aliphatic rings. The Morgan fingerprint density at radius 1 is 1.53 bits per heavy atom. The van der Waals surface area contributed by atoms with Gasteiger partial charge in [-0.25, -0.2) is 0 Å². The molecule has 2 heterocycles. The monoisotopic (exact) mass is 238 g/mol. The first-order valence-electron chi connectivity index (χ1n) is 6.92. The normalized spacial score (nSPS) is 34.9. The minimum Gasteiger partial charge on any atom is -0.381 e. The molecule has 4 heteroatoms. The van der Waals surface area contributed by atoms with Crippen molar-refractivity contribution in [3.63, 3.8) is 0 Å². The van der Waals surface area contributed by atoms with Crippen molar-refractivity contribution in [1.29, 1.82) is 0 Å². The Balaban J connectivity index is 1.68. The van der Waals surface area contributed by atoms with Crippen molar-refractivity contribution in [3.8, 4) is 0 Å². The number of nitrogens with one attached hydrogen (secondary N) is 1. The van der Waals surface area contributed by atoms with Gasteiger partial charge in [-0.05, 0) is 25.7 Å². The minimum atomic E-state index is -0.153. The molecule has 1 spiro atoms. The zero-order valence-corrected chi connectivity index (χ0v) is 10.6. The Kier molecular flexibility index (Phi) is 2.87. The molecule has 2 atom stereocenters. The summed E-state index contributed by atoms with van der Waals surface area (Å²) in [5.74, 6) is 0.900. The molecule has 0 radical (unpaired) electrons. The van der Waals surface area contributed by atoms with Gasteiger partial charge in [0, 0.05) is 19.1 Å². The average molecular weight is 238 g/mol. The number of hydrogen-bond donors (Lipinski definition) is 1. The lowest BCUT2D eigenvalue weighted by Crippen LogP contribution is -2.40. The van der Waals surface area contributed by atoms with E-state index in [0.717, 1.165) is 51.9 Å². The third kappa shape index (κ3) is 1.97. The summed E-state index contributed by atoms with van der Waals surface area (Å²) in [6.45, 7) is 4.76. The number of nitrogens with zero attached hydrogens (tertiary/aromatic N) is 1. The molecule has 0 aromatic rings. The lowest BCUT2D eigenvalue weighted by atomic mass is 10.1. The number of hydrogen-bond acceptors (Lipinski definition) is 3. The van der Waals surface area contributed by atoms with Crippen molar-refractivity contribution in [2.75, 3.05) is 19.8 Å². The SMILES string of the molecule is CCCC1NC2(CC2)C(=O)N1CC1CCOC1. The van der Waals surface area contributed by atoms with Crippen LogP contribution in [0.15, 0.2) is 0 Å². The first kappa shape index (κ1) is 11.5. The van der Waals surface area contributed by atoms with Gasteiger partial charge in [0.25, 0.3) is 0 Å². The molecule has 0 aromatic heterocycles. The Morgan fingerprint density at radius 2 is 2.35 bits per heavy atom. The van der Waals surface area contributed by atoms with Gasteiger partial charge in [0.1, 0.15) is 0 Å². The van der Waals surface area contributed by atoms with Crippen molar-refractivity contribution >= 4 is 5.91 Å². The lowest BCUT2D eigenvalue weighted by Gasteiger charge is -2.26. The van der Waals surface area contributed by atoms with Gasteiger partial charge in [0.2, 0.25) is 5.91 Å². The first-order chi connectivity index (χ1) is 8.25. The van der Waals surface area contributed by atoms with Crippen LogP contribution in [0.5, 0.6) is 0 Å². The standard InChI is InChI=1S/C13H22N2O2/c1-2-3-11-14-13(5-6-13)12(16)15(11)8-10-4-7-17-9-10/h10-11,14H,2-9H2,1H3. The molecule has 3 fully saturated rings. The summed E-state index contributed by atoms with van der Waals surface area (Å²) in [5.41, 5.74) is -0.153. The summed E-state index contributed by atoms with van der Waals surface area (Å²) in [7, 11) is 0.